The first kappa shape index (κ1) is 33.3. The van der Waals surface area contributed by atoms with E-state index in [1.54, 1.807) is 0 Å². The highest BCUT2D eigenvalue weighted by Gasteiger charge is 2.31. The van der Waals surface area contributed by atoms with E-state index in [2.05, 4.69) is 5.32 Å². The van der Waals surface area contributed by atoms with Gasteiger partial charge >= 0.3 is 31.5 Å². The zero-order valence-electron chi connectivity index (χ0n) is 20.5. The number of halogens is 1. The van der Waals surface area contributed by atoms with Gasteiger partial charge in [0.25, 0.3) is 5.91 Å². The third-order valence-corrected chi connectivity index (χ3v) is 7.00. The molecule has 3 unspecified atom stereocenters. The van der Waals surface area contributed by atoms with Crippen molar-refractivity contribution in [3.05, 3.63) is 35.6 Å². The Morgan fingerprint density at radius 3 is 1.95 bits per heavy atom. The minimum absolute atomic E-state index is 0.0161. The lowest BCUT2D eigenvalue weighted by atomic mass is 9.96. The molecule has 0 aliphatic carbocycles. The average Bonchev–Trinajstić information content (AvgIpc) is 2.83. The summed E-state index contributed by atoms with van der Waals surface area (Å²) in [5, 5.41) is 38.7. The zero-order chi connectivity index (χ0) is 29.8. The Kier molecular flexibility index (Phi) is 13.4. The second-order valence-electron chi connectivity index (χ2n) is 8.60. The SMILES string of the molecule is O=C(O)CCC(CP(=O)(O)OCCC(CC(=O)CC[C@H](NC(=O)c1ccc([18F])cc1)C(=O)O)C(=O)O)C(=O)O. The largest absolute Gasteiger partial charge is 0.481 e. The van der Waals surface area contributed by atoms with Crippen molar-refractivity contribution < 1.29 is 67.6 Å². The van der Waals surface area contributed by atoms with Gasteiger partial charge in [0.1, 0.15) is 17.6 Å². The van der Waals surface area contributed by atoms with Crippen molar-refractivity contribution in [3.63, 3.8) is 0 Å². The normalized spacial score (nSPS) is 14.8. The molecule has 0 saturated heterocycles. The lowest BCUT2D eigenvalue weighted by Crippen LogP contribution is -2.41. The molecule has 39 heavy (non-hydrogen) atoms. The standard InChI is InChI=1S/C23H29FNO13P/c24-16-4-1-13(2-5-16)20(29)25-18(23(34)35)7-6-17(26)11-14(21(30)31)9-10-38-39(36,37)12-15(22(32)33)3-8-19(27)28/h1-2,4-5,14-15,18H,3,6-12H2,(H,25,29)(H,27,28)(H,30,31)(H,32,33)(H,34,35)(H,36,37)/t14?,15?,18-/m0/s1/i24-1. The van der Waals surface area contributed by atoms with Gasteiger partial charge in [-0.3, -0.25) is 28.5 Å². The minimum atomic E-state index is -4.54. The van der Waals surface area contributed by atoms with Crippen LogP contribution in [0.1, 0.15) is 48.9 Å². The van der Waals surface area contributed by atoms with Crippen molar-refractivity contribution in [2.24, 2.45) is 11.8 Å². The number of hydrogen-bond donors (Lipinski definition) is 6. The number of benzene rings is 1. The van der Waals surface area contributed by atoms with Gasteiger partial charge in [0.15, 0.2) is 0 Å². The van der Waals surface area contributed by atoms with Crippen LogP contribution < -0.4 is 5.32 Å². The van der Waals surface area contributed by atoms with Crippen LogP contribution in [-0.4, -0.2) is 79.7 Å². The maximum atomic E-state index is 13.0. The number of carboxylic acid groups (broad SMARTS) is 4. The summed E-state index contributed by atoms with van der Waals surface area (Å²) in [5.41, 5.74) is -0.0161. The van der Waals surface area contributed by atoms with E-state index in [1.165, 1.54) is 0 Å². The van der Waals surface area contributed by atoms with Gasteiger partial charge in [0, 0.05) is 24.8 Å². The van der Waals surface area contributed by atoms with E-state index >= 15 is 0 Å². The zero-order valence-corrected chi connectivity index (χ0v) is 21.4. The molecule has 0 aliphatic rings. The number of Topliss-reactive ketones (excluding diaryl/α,β-unsaturated/α-hetero) is 1. The summed E-state index contributed by atoms with van der Waals surface area (Å²) in [7, 11) is -4.54. The Balaban J connectivity index is 2.62. The molecule has 0 fully saturated rings. The molecule has 0 aromatic heterocycles. The van der Waals surface area contributed by atoms with Crippen LogP contribution in [0.4, 0.5) is 4.39 Å². The molecule has 1 rings (SSSR count). The quantitative estimate of drug-likeness (QED) is 0.128. The molecule has 1 amide bonds. The average molecular weight is 576 g/mol. The first-order chi connectivity index (χ1) is 18.1. The number of carbonyl (C=O) groups is 6. The highest BCUT2D eigenvalue weighted by atomic mass is 31.2. The van der Waals surface area contributed by atoms with E-state index in [0.29, 0.717) is 0 Å². The smallest absolute Gasteiger partial charge is 0.328 e. The molecule has 6 N–H and O–H groups in total. The van der Waals surface area contributed by atoms with Crippen LogP contribution in [0.5, 0.6) is 0 Å². The molecule has 0 bridgehead atoms. The molecule has 1 aromatic rings. The third kappa shape index (κ3) is 13.1. The fourth-order valence-corrected chi connectivity index (χ4v) is 4.75. The van der Waals surface area contributed by atoms with Crippen molar-refractivity contribution in [1.29, 1.82) is 0 Å². The van der Waals surface area contributed by atoms with E-state index in [1.807, 2.05) is 0 Å². The number of carboxylic acids is 4. The summed E-state index contributed by atoms with van der Waals surface area (Å²) in [6.07, 6.45) is -3.67. The van der Waals surface area contributed by atoms with Gasteiger partial charge in [-0.2, -0.15) is 0 Å². The summed E-state index contributed by atoms with van der Waals surface area (Å²) in [6.45, 7) is -0.630. The van der Waals surface area contributed by atoms with E-state index in [0.717, 1.165) is 24.3 Å². The molecule has 0 heterocycles. The summed E-state index contributed by atoms with van der Waals surface area (Å²) < 4.78 is 30.0. The number of nitrogens with one attached hydrogen (secondary N) is 1. The van der Waals surface area contributed by atoms with Gasteiger partial charge in [-0.05, 0) is 43.5 Å². The molecule has 0 spiro atoms. The van der Waals surface area contributed by atoms with Gasteiger partial charge in [0.05, 0.1) is 24.6 Å². The van der Waals surface area contributed by atoms with E-state index < -0.39 is 112 Å². The highest BCUT2D eigenvalue weighted by molar-refractivity contribution is 7.52. The summed E-state index contributed by atoms with van der Waals surface area (Å²) in [5.74, 6) is -10.7. The monoisotopic (exact) mass is 576 g/mol. The predicted octanol–water partition coefficient (Wildman–Crippen LogP) is 1.61. The van der Waals surface area contributed by atoms with Crippen LogP contribution in [0.2, 0.25) is 0 Å². The highest BCUT2D eigenvalue weighted by Crippen LogP contribution is 2.45. The van der Waals surface area contributed by atoms with Gasteiger partial charge in [-0.1, -0.05) is 0 Å². The Morgan fingerprint density at radius 1 is 0.846 bits per heavy atom. The third-order valence-electron chi connectivity index (χ3n) is 5.51. The summed E-state index contributed by atoms with van der Waals surface area (Å²) in [6, 6.07) is 2.78. The second kappa shape index (κ2) is 15.7. The number of amides is 1. The van der Waals surface area contributed by atoms with Gasteiger partial charge < -0.3 is 35.2 Å². The second-order valence-corrected chi connectivity index (χ2v) is 10.5. The number of aliphatic carboxylic acids is 4. The molecular formula is C23H29FNO13P. The van der Waals surface area contributed by atoms with Crippen molar-refractivity contribution in [2.75, 3.05) is 12.8 Å². The van der Waals surface area contributed by atoms with Crippen LogP contribution in [0.3, 0.4) is 0 Å². The molecular weight excluding hydrogens is 547 g/mol. The molecule has 216 valence electrons. The molecule has 0 aliphatic heterocycles. The molecule has 4 atom stereocenters. The molecule has 0 saturated carbocycles. The van der Waals surface area contributed by atoms with Crippen molar-refractivity contribution >= 4 is 43.2 Å². The number of hydrogen-bond acceptors (Lipinski definition) is 8. The van der Waals surface area contributed by atoms with Crippen LogP contribution in [0.25, 0.3) is 0 Å². The molecule has 16 heteroatoms. The fraction of sp³-hybridized carbons (Fsp3) is 0.478. The Labute approximate surface area is 221 Å². The first-order valence-corrected chi connectivity index (χ1v) is 13.3. The molecule has 0 radical (unpaired) electrons. The summed E-state index contributed by atoms with van der Waals surface area (Å²) in [4.78, 5) is 79.2. The van der Waals surface area contributed by atoms with Crippen LogP contribution >= 0.6 is 7.60 Å². The van der Waals surface area contributed by atoms with E-state index in [9.17, 15) is 52.8 Å². The predicted molar refractivity (Wildman–Crippen MR) is 129 cm³/mol. The summed E-state index contributed by atoms with van der Waals surface area (Å²) >= 11 is 0. The fourth-order valence-electron chi connectivity index (χ4n) is 3.35. The van der Waals surface area contributed by atoms with E-state index in [-0.39, 0.29) is 12.0 Å². The van der Waals surface area contributed by atoms with Crippen LogP contribution in [0.15, 0.2) is 24.3 Å². The van der Waals surface area contributed by atoms with Crippen LogP contribution in [0, 0.1) is 17.7 Å². The Bertz CT molecular complexity index is 1110. The van der Waals surface area contributed by atoms with Gasteiger partial charge in [-0.25, -0.2) is 9.18 Å². The maximum Gasteiger partial charge on any atom is 0.328 e. The maximum absolute atomic E-state index is 13.0. The Morgan fingerprint density at radius 2 is 1.44 bits per heavy atom. The Hall–Kier alpha value is -3.68. The number of carbonyl (C=O) groups excluding carboxylic acids is 2. The minimum Gasteiger partial charge on any atom is -0.481 e. The molecule has 14 nitrogen and oxygen atoms in total. The van der Waals surface area contributed by atoms with E-state index in [4.69, 9.17) is 14.7 Å². The lowest BCUT2D eigenvalue weighted by molar-refractivity contribution is -0.144. The topological polar surface area (TPSA) is 242 Å². The molecule has 1 aromatic carbocycles. The van der Waals surface area contributed by atoms with Gasteiger partial charge in [-0.15, -0.1) is 0 Å². The van der Waals surface area contributed by atoms with Crippen molar-refractivity contribution in [3.8, 4) is 0 Å². The first-order valence-electron chi connectivity index (χ1n) is 11.6. The number of rotatable bonds is 19. The lowest BCUT2D eigenvalue weighted by Gasteiger charge is -2.18. The number of ketones is 1. The van der Waals surface area contributed by atoms with Crippen LogP contribution in [-0.2, 0) is 33.1 Å². The van der Waals surface area contributed by atoms with Crippen molar-refractivity contribution in [1.82, 2.24) is 5.32 Å². The van der Waals surface area contributed by atoms with Crippen molar-refractivity contribution in [2.45, 2.75) is 44.6 Å². The van der Waals surface area contributed by atoms with Gasteiger partial charge in [0.2, 0.25) is 0 Å².